The minimum atomic E-state index is 0.0189. The number of nitrogens with one attached hydrogen (secondary N) is 1. The molecule has 0 saturated carbocycles. The number of rotatable bonds is 7. The molecule has 2 aromatic carbocycles. The van der Waals surface area contributed by atoms with E-state index in [1.165, 1.54) is 11.1 Å². The Morgan fingerprint density at radius 1 is 0.889 bits per heavy atom. The van der Waals surface area contributed by atoms with Crippen molar-refractivity contribution in [1.29, 1.82) is 0 Å². The second kappa shape index (κ2) is 9.67. The molecule has 1 amide bonds. The van der Waals surface area contributed by atoms with Crippen molar-refractivity contribution < 1.29 is 4.79 Å². The second-order valence-electron chi connectivity index (χ2n) is 7.52. The maximum atomic E-state index is 12.2. The Morgan fingerprint density at radius 2 is 1.41 bits per heavy atom. The molecule has 1 N–H and O–H groups in total. The number of carbonyl (C=O) groups excluding carboxylic acids is 1. The quantitative estimate of drug-likeness (QED) is 0.815. The summed E-state index contributed by atoms with van der Waals surface area (Å²) in [6.07, 6.45) is 0.945. The zero-order chi connectivity index (χ0) is 19.1. The average Bonchev–Trinajstić information content (AvgIpc) is 2.70. The van der Waals surface area contributed by atoms with Crippen LogP contribution in [0, 0.1) is 0 Å². The molecular weight excluding hydrogens is 334 g/mol. The Labute approximate surface area is 163 Å². The molecule has 1 heterocycles. The van der Waals surface area contributed by atoms with Crippen LogP contribution in [0.1, 0.15) is 41.8 Å². The summed E-state index contributed by atoms with van der Waals surface area (Å²) in [5.41, 5.74) is 3.40. The van der Waals surface area contributed by atoms with E-state index in [-0.39, 0.29) is 11.9 Å². The Hall–Kier alpha value is -2.17. The lowest BCUT2D eigenvalue weighted by molar-refractivity contribution is 0.0939. The first kappa shape index (κ1) is 19.6. The van der Waals surface area contributed by atoms with Crippen molar-refractivity contribution in [3.8, 4) is 0 Å². The first-order valence-corrected chi connectivity index (χ1v) is 10.0. The third kappa shape index (κ3) is 5.91. The molecule has 0 spiro atoms. The Morgan fingerprint density at radius 3 is 1.93 bits per heavy atom. The van der Waals surface area contributed by atoms with Crippen molar-refractivity contribution in [3.05, 3.63) is 71.3 Å². The average molecular weight is 366 g/mol. The van der Waals surface area contributed by atoms with Crippen LogP contribution in [0.3, 0.4) is 0 Å². The SMILES string of the molecule is CC[C@H](C)NC(=O)c1ccc(CN2CCN(Cc3ccccc3)CC2)cc1. The van der Waals surface area contributed by atoms with E-state index in [1.807, 2.05) is 19.1 Å². The van der Waals surface area contributed by atoms with E-state index in [1.54, 1.807) is 0 Å². The number of hydrogen-bond donors (Lipinski definition) is 1. The van der Waals surface area contributed by atoms with Gasteiger partial charge in [-0.2, -0.15) is 0 Å². The van der Waals surface area contributed by atoms with Gasteiger partial charge in [-0.15, -0.1) is 0 Å². The highest BCUT2D eigenvalue weighted by molar-refractivity contribution is 5.94. The largest absolute Gasteiger partial charge is 0.350 e. The molecule has 2 aromatic rings. The molecule has 1 fully saturated rings. The number of hydrogen-bond acceptors (Lipinski definition) is 3. The molecule has 4 nitrogen and oxygen atoms in total. The summed E-state index contributed by atoms with van der Waals surface area (Å²) in [4.78, 5) is 17.2. The highest BCUT2D eigenvalue weighted by Crippen LogP contribution is 2.12. The fraction of sp³-hybridized carbons (Fsp3) is 0.435. The highest BCUT2D eigenvalue weighted by Gasteiger charge is 2.17. The molecule has 0 radical (unpaired) electrons. The molecule has 0 unspecified atom stereocenters. The maximum absolute atomic E-state index is 12.2. The van der Waals surface area contributed by atoms with Gasteiger partial charge in [0, 0.05) is 50.9 Å². The van der Waals surface area contributed by atoms with Crippen LogP contribution in [-0.2, 0) is 13.1 Å². The van der Waals surface area contributed by atoms with Crippen molar-refractivity contribution in [2.24, 2.45) is 0 Å². The van der Waals surface area contributed by atoms with E-state index in [9.17, 15) is 4.79 Å². The molecule has 3 rings (SSSR count). The van der Waals surface area contributed by atoms with Crippen molar-refractivity contribution in [1.82, 2.24) is 15.1 Å². The molecule has 0 bridgehead atoms. The van der Waals surface area contributed by atoms with E-state index in [0.29, 0.717) is 0 Å². The standard InChI is InChI=1S/C23H31N3O/c1-3-19(2)24-23(27)22-11-9-21(10-12-22)18-26-15-13-25(14-16-26)17-20-7-5-4-6-8-20/h4-12,19H,3,13-18H2,1-2H3,(H,24,27)/t19-/m0/s1. The highest BCUT2D eigenvalue weighted by atomic mass is 16.1. The number of carbonyl (C=O) groups is 1. The molecule has 27 heavy (non-hydrogen) atoms. The van der Waals surface area contributed by atoms with Crippen molar-refractivity contribution >= 4 is 5.91 Å². The molecule has 1 aliphatic heterocycles. The van der Waals surface area contributed by atoms with Gasteiger partial charge in [0.15, 0.2) is 0 Å². The van der Waals surface area contributed by atoms with Crippen molar-refractivity contribution in [2.45, 2.75) is 39.4 Å². The van der Waals surface area contributed by atoms with Gasteiger partial charge in [0.1, 0.15) is 0 Å². The molecule has 0 aromatic heterocycles. The lowest BCUT2D eigenvalue weighted by Gasteiger charge is -2.34. The van der Waals surface area contributed by atoms with Gasteiger partial charge >= 0.3 is 0 Å². The fourth-order valence-corrected chi connectivity index (χ4v) is 3.38. The van der Waals surface area contributed by atoms with E-state index >= 15 is 0 Å². The predicted octanol–water partition coefficient (Wildman–Crippen LogP) is 3.53. The summed E-state index contributed by atoms with van der Waals surface area (Å²) in [6, 6.07) is 19.0. The smallest absolute Gasteiger partial charge is 0.251 e. The van der Waals surface area contributed by atoms with Crippen LogP contribution in [-0.4, -0.2) is 47.9 Å². The van der Waals surface area contributed by atoms with Gasteiger partial charge < -0.3 is 5.32 Å². The summed E-state index contributed by atoms with van der Waals surface area (Å²) in [5, 5.41) is 3.02. The molecule has 1 aliphatic rings. The van der Waals surface area contributed by atoms with E-state index in [0.717, 1.165) is 51.3 Å². The Balaban J connectivity index is 1.45. The van der Waals surface area contributed by atoms with E-state index in [2.05, 4.69) is 64.5 Å². The van der Waals surface area contributed by atoms with Gasteiger partial charge in [-0.25, -0.2) is 0 Å². The van der Waals surface area contributed by atoms with Gasteiger partial charge in [0.2, 0.25) is 0 Å². The van der Waals surface area contributed by atoms with Crippen LogP contribution < -0.4 is 5.32 Å². The predicted molar refractivity (Wildman–Crippen MR) is 111 cm³/mol. The molecule has 144 valence electrons. The van der Waals surface area contributed by atoms with Crippen molar-refractivity contribution in [2.75, 3.05) is 26.2 Å². The number of benzene rings is 2. The van der Waals surface area contributed by atoms with Crippen LogP contribution in [0.4, 0.5) is 0 Å². The number of piperazine rings is 1. The zero-order valence-electron chi connectivity index (χ0n) is 16.5. The van der Waals surface area contributed by atoms with Gasteiger partial charge in [0.25, 0.3) is 5.91 Å². The third-order valence-electron chi connectivity index (χ3n) is 5.33. The molecule has 0 aliphatic carbocycles. The lowest BCUT2D eigenvalue weighted by Crippen LogP contribution is -2.45. The van der Waals surface area contributed by atoms with Gasteiger partial charge in [-0.05, 0) is 36.6 Å². The summed E-state index contributed by atoms with van der Waals surface area (Å²) >= 11 is 0. The van der Waals surface area contributed by atoms with Crippen LogP contribution in [0.15, 0.2) is 54.6 Å². The van der Waals surface area contributed by atoms with E-state index in [4.69, 9.17) is 0 Å². The normalized spacial score (nSPS) is 16.8. The molecule has 1 saturated heterocycles. The minimum absolute atomic E-state index is 0.0189. The van der Waals surface area contributed by atoms with Crippen LogP contribution in [0.5, 0.6) is 0 Å². The topological polar surface area (TPSA) is 35.6 Å². The Kier molecular flexibility index (Phi) is 7.02. The molecule has 1 atom stereocenters. The van der Waals surface area contributed by atoms with Gasteiger partial charge in [0.05, 0.1) is 0 Å². The summed E-state index contributed by atoms with van der Waals surface area (Å²) < 4.78 is 0. The first-order valence-electron chi connectivity index (χ1n) is 10.0. The minimum Gasteiger partial charge on any atom is -0.350 e. The van der Waals surface area contributed by atoms with Crippen LogP contribution in [0.25, 0.3) is 0 Å². The lowest BCUT2D eigenvalue weighted by atomic mass is 10.1. The zero-order valence-corrected chi connectivity index (χ0v) is 16.5. The van der Waals surface area contributed by atoms with Gasteiger partial charge in [-0.3, -0.25) is 14.6 Å². The monoisotopic (exact) mass is 365 g/mol. The molecule has 4 heteroatoms. The summed E-state index contributed by atoms with van der Waals surface area (Å²) in [7, 11) is 0. The third-order valence-corrected chi connectivity index (χ3v) is 5.33. The van der Waals surface area contributed by atoms with Gasteiger partial charge in [-0.1, -0.05) is 49.4 Å². The Bertz CT molecular complexity index is 706. The second-order valence-corrected chi connectivity index (χ2v) is 7.52. The fourth-order valence-electron chi connectivity index (χ4n) is 3.38. The van der Waals surface area contributed by atoms with Crippen LogP contribution in [0.2, 0.25) is 0 Å². The first-order chi connectivity index (χ1) is 13.1. The van der Waals surface area contributed by atoms with Crippen LogP contribution >= 0.6 is 0 Å². The summed E-state index contributed by atoms with van der Waals surface area (Å²) in [5.74, 6) is 0.0189. The molecular formula is C23H31N3O. The number of nitrogens with zero attached hydrogens (tertiary/aromatic N) is 2. The summed E-state index contributed by atoms with van der Waals surface area (Å²) in [6.45, 7) is 10.5. The van der Waals surface area contributed by atoms with Crippen molar-refractivity contribution in [3.63, 3.8) is 0 Å². The maximum Gasteiger partial charge on any atom is 0.251 e. The number of amides is 1. The van der Waals surface area contributed by atoms with E-state index < -0.39 is 0 Å².